The van der Waals surface area contributed by atoms with Gasteiger partial charge in [-0.05, 0) is 0 Å². The standard InChI is InChI=1S/C6H16O18P4.4Na/c7-1-3(21-25(9,10)11)2(8)5(23-27(15,16)17)6(24-28(18,19)20)4(1)22-26(12,13)14;;;;/h1-8H,(H2,9,10,11)(H2,12,13,14)(H2,15,16,17)(H2,18,19,20);;;;/q;4*+1/t1-,2+,3?,4+,5-,6?;;;;. The number of aliphatic hydroxyl groups excluding tert-OH is 2. The van der Waals surface area contributed by atoms with Gasteiger partial charge < -0.3 is 49.4 Å². The second kappa shape index (κ2) is 16.5. The molecule has 1 saturated carbocycles. The molecular weight excluding hydrogens is 576 g/mol. The molecule has 1 rings (SSSR count). The summed E-state index contributed by atoms with van der Waals surface area (Å²) in [5.74, 6) is 0. The molecule has 0 radical (unpaired) electrons. The third kappa shape index (κ3) is 16.4. The Balaban J connectivity index is -0.000000980. The molecule has 0 saturated heterocycles. The number of phosphoric ester groups is 4. The van der Waals surface area contributed by atoms with Gasteiger partial charge in [0.15, 0.2) is 0 Å². The number of aliphatic hydroxyl groups is 2. The van der Waals surface area contributed by atoms with Crippen molar-refractivity contribution >= 4 is 31.3 Å². The molecule has 0 bridgehead atoms. The van der Waals surface area contributed by atoms with E-state index < -0.39 is 67.9 Å². The number of phosphoric acid groups is 4. The number of rotatable bonds is 8. The molecule has 0 spiro atoms. The first-order valence-electron chi connectivity index (χ1n) is 6.52. The van der Waals surface area contributed by atoms with Crippen molar-refractivity contribution in [2.24, 2.45) is 0 Å². The van der Waals surface area contributed by atoms with E-state index in [1.165, 1.54) is 0 Å². The van der Waals surface area contributed by atoms with E-state index in [1.54, 1.807) is 0 Å². The van der Waals surface area contributed by atoms with Crippen molar-refractivity contribution in [3.63, 3.8) is 0 Å². The zero-order valence-corrected chi connectivity index (χ0v) is 28.6. The van der Waals surface area contributed by atoms with Crippen LogP contribution < -0.4 is 118 Å². The third-order valence-electron chi connectivity index (χ3n) is 3.03. The molecule has 1 fully saturated rings. The Morgan fingerprint density at radius 2 is 0.594 bits per heavy atom. The van der Waals surface area contributed by atoms with E-state index in [4.69, 9.17) is 39.1 Å². The van der Waals surface area contributed by atoms with Crippen LogP contribution in [0.4, 0.5) is 0 Å². The Morgan fingerprint density at radius 3 is 0.812 bits per heavy atom. The Bertz CT molecular complexity index is 706. The molecule has 0 amide bonds. The summed E-state index contributed by atoms with van der Waals surface area (Å²) in [5, 5.41) is 20.1. The molecule has 0 aromatic rings. The average molecular weight is 592 g/mol. The van der Waals surface area contributed by atoms with Crippen LogP contribution in [-0.2, 0) is 36.4 Å². The number of hydrogen-bond acceptors (Lipinski definition) is 10. The largest absolute Gasteiger partial charge is 1.00 e. The minimum atomic E-state index is -5.64. The van der Waals surface area contributed by atoms with E-state index in [0.29, 0.717) is 0 Å². The maximum Gasteiger partial charge on any atom is 1.00 e. The molecule has 26 heteroatoms. The SMILES string of the molecule is O=P(O)(O)OC1[C@@H](O)[C@H](OP(=O)(O)O)C(OP(=O)(O)O)[C@H](OP(=O)(O)O)[C@H]1O.[Na+].[Na+].[Na+].[Na+]. The zero-order chi connectivity index (χ0) is 22.3. The molecule has 1 aliphatic rings. The summed E-state index contributed by atoms with van der Waals surface area (Å²) >= 11 is 0. The van der Waals surface area contributed by atoms with Gasteiger partial charge in [-0.25, -0.2) is 18.3 Å². The van der Waals surface area contributed by atoms with Crippen molar-refractivity contribution in [1.29, 1.82) is 0 Å². The molecule has 18 nitrogen and oxygen atoms in total. The van der Waals surface area contributed by atoms with Gasteiger partial charge in [0.1, 0.15) is 36.6 Å². The molecule has 0 heterocycles. The van der Waals surface area contributed by atoms with Crippen LogP contribution in [0.2, 0.25) is 0 Å². The van der Waals surface area contributed by atoms with Crippen molar-refractivity contribution in [1.82, 2.24) is 0 Å². The quantitative estimate of drug-likeness (QED) is 0.0924. The van der Waals surface area contributed by atoms with Crippen LogP contribution in [-0.4, -0.2) is 86.0 Å². The summed E-state index contributed by atoms with van der Waals surface area (Å²) in [6, 6.07) is 0. The Hall–Kier alpha value is 4.36. The van der Waals surface area contributed by atoms with Crippen LogP contribution in [0.1, 0.15) is 0 Å². The van der Waals surface area contributed by atoms with Gasteiger partial charge >= 0.3 is 150 Å². The molecule has 0 aromatic carbocycles. The van der Waals surface area contributed by atoms with Crippen molar-refractivity contribution in [3.05, 3.63) is 0 Å². The van der Waals surface area contributed by atoms with E-state index >= 15 is 0 Å². The van der Waals surface area contributed by atoms with Gasteiger partial charge in [0.05, 0.1) is 0 Å². The fraction of sp³-hybridized carbons (Fsp3) is 1.00. The van der Waals surface area contributed by atoms with Crippen LogP contribution in [0.25, 0.3) is 0 Å². The molecular formula is C6H16Na4O18P4+4. The summed E-state index contributed by atoms with van der Waals surface area (Å²) in [7, 11) is -22.4. The Labute approximate surface area is 268 Å². The second-order valence-electron chi connectivity index (χ2n) is 5.22. The molecule has 6 atom stereocenters. The van der Waals surface area contributed by atoms with Crippen LogP contribution in [0, 0.1) is 0 Å². The van der Waals surface area contributed by atoms with Gasteiger partial charge in [-0.1, -0.05) is 0 Å². The van der Waals surface area contributed by atoms with Crippen LogP contribution in [0.5, 0.6) is 0 Å². The van der Waals surface area contributed by atoms with E-state index in [1.807, 2.05) is 0 Å². The van der Waals surface area contributed by atoms with Crippen molar-refractivity contribution in [2.45, 2.75) is 36.6 Å². The van der Waals surface area contributed by atoms with Crippen molar-refractivity contribution in [2.75, 3.05) is 0 Å². The smallest absolute Gasteiger partial charge is 0.387 e. The minimum Gasteiger partial charge on any atom is -0.387 e. The monoisotopic (exact) mass is 592 g/mol. The van der Waals surface area contributed by atoms with E-state index in [2.05, 4.69) is 18.1 Å². The summed E-state index contributed by atoms with van der Waals surface area (Å²) in [5.41, 5.74) is 0. The van der Waals surface area contributed by atoms with Gasteiger partial charge in [0.25, 0.3) is 0 Å². The van der Waals surface area contributed by atoms with Crippen molar-refractivity contribution < 1.29 is 204 Å². The predicted octanol–water partition coefficient (Wildman–Crippen LogP) is -15.4. The van der Waals surface area contributed by atoms with Gasteiger partial charge in [0, 0.05) is 0 Å². The van der Waals surface area contributed by atoms with Gasteiger partial charge in [0.2, 0.25) is 0 Å². The number of hydrogen-bond donors (Lipinski definition) is 10. The first-order chi connectivity index (χ1) is 12.2. The predicted molar refractivity (Wildman–Crippen MR) is 79.7 cm³/mol. The second-order valence-corrected chi connectivity index (χ2v) is 9.99. The normalized spacial score (nSPS) is 28.9. The minimum absolute atomic E-state index is 0. The summed E-state index contributed by atoms with van der Waals surface area (Å²) in [6.07, 6.45) is -15.9. The fourth-order valence-electron chi connectivity index (χ4n) is 2.28. The Kier molecular flexibility index (Phi) is 22.3. The topological polar surface area (TPSA) is 308 Å². The summed E-state index contributed by atoms with van der Waals surface area (Å²) in [6.45, 7) is 0. The van der Waals surface area contributed by atoms with Crippen LogP contribution in [0.3, 0.4) is 0 Å². The zero-order valence-electron chi connectivity index (χ0n) is 17.0. The summed E-state index contributed by atoms with van der Waals surface area (Å²) < 4.78 is 60.5. The summed E-state index contributed by atoms with van der Waals surface area (Å²) in [4.78, 5) is 71.0. The molecule has 2 unspecified atom stereocenters. The fourth-order valence-corrected chi connectivity index (χ4v) is 4.52. The van der Waals surface area contributed by atoms with E-state index in [0.717, 1.165) is 0 Å². The first-order valence-corrected chi connectivity index (χ1v) is 12.6. The van der Waals surface area contributed by atoms with E-state index in [-0.39, 0.29) is 118 Å². The average Bonchev–Trinajstić information content (AvgIpc) is 2.39. The maximum absolute atomic E-state index is 11.1. The Morgan fingerprint density at radius 1 is 0.406 bits per heavy atom. The van der Waals surface area contributed by atoms with Crippen molar-refractivity contribution in [3.8, 4) is 0 Å². The molecule has 32 heavy (non-hydrogen) atoms. The molecule has 10 N–H and O–H groups in total. The molecule has 0 aliphatic heterocycles. The molecule has 168 valence electrons. The van der Waals surface area contributed by atoms with Gasteiger partial charge in [-0.2, -0.15) is 0 Å². The van der Waals surface area contributed by atoms with Crippen LogP contribution >= 0.6 is 31.3 Å². The van der Waals surface area contributed by atoms with Gasteiger partial charge in [-0.15, -0.1) is 0 Å². The van der Waals surface area contributed by atoms with Gasteiger partial charge in [-0.3, -0.25) is 18.1 Å². The molecule has 0 aromatic heterocycles. The van der Waals surface area contributed by atoms with E-state index in [9.17, 15) is 28.5 Å². The first kappa shape index (κ1) is 43.4. The van der Waals surface area contributed by atoms with Crippen LogP contribution in [0.15, 0.2) is 0 Å². The molecule has 1 aliphatic carbocycles. The maximum atomic E-state index is 11.1. The third-order valence-corrected chi connectivity index (χ3v) is 5.10.